The van der Waals surface area contributed by atoms with Gasteiger partial charge in [0.15, 0.2) is 24.0 Å². The monoisotopic (exact) mass is 490 g/mol. The van der Waals surface area contributed by atoms with Gasteiger partial charge in [-0.1, -0.05) is 18.9 Å². The Morgan fingerprint density at radius 3 is 2.11 bits per heavy atom. The van der Waals surface area contributed by atoms with E-state index in [1.807, 2.05) is 0 Å². The molecule has 0 radical (unpaired) electrons. The van der Waals surface area contributed by atoms with Crippen LogP contribution >= 0.6 is 0 Å². The third-order valence-corrected chi connectivity index (χ3v) is 7.75. The van der Waals surface area contributed by atoms with Crippen LogP contribution in [0.5, 0.6) is 0 Å². The van der Waals surface area contributed by atoms with E-state index < -0.39 is 59.9 Å². The van der Waals surface area contributed by atoms with Gasteiger partial charge in [-0.25, -0.2) is 4.39 Å². The first-order valence-corrected chi connectivity index (χ1v) is 12.7. The first-order valence-electron chi connectivity index (χ1n) is 12.7. The Morgan fingerprint density at radius 1 is 0.800 bits per heavy atom. The van der Waals surface area contributed by atoms with Crippen molar-refractivity contribution in [2.75, 3.05) is 0 Å². The summed E-state index contributed by atoms with van der Waals surface area (Å²) in [6.45, 7) is 0. The molecule has 1 aromatic rings. The molecule has 5 aliphatic rings. The molecule has 2 spiro atoms. The zero-order valence-corrected chi connectivity index (χ0v) is 19.5. The van der Waals surface area contributed by atoms with Crippen LogP contribution in [0.2, 0.25) is 0 Å². The average Bonchev–Trinajstić information content (AvgIpc) is 3.40. The van der Waals surface area contributed by atoms with Crippen molar-refractivity contribution in [1.29, 1.82) is 0 Å². The number of hydrogen-bond acceptors (Lipinski definition) is 7. The number of hydrogen-bond donors (Lipinski definition) is 2. The molecule has 0 bridgehead atoms. The van der Waals surface area contributed by atoms with Crippen LogP contribution in [-0.4, -0.2) is 54.1 Å². The summed E-state index contributed by atoms with van der Waals surface area (Å²) in [7, 11) is 0. The highest BCUT2D eigenvalue weighted by Crippen LogP contribution is 2.50. The standard InChI is InChI=1S/C25H31FN2O7/c26-16-9-7-8-15(14-16)21(29)27-28-22(30)19-17-18(33-24(32-17)10-3-1-4-11-24)20-23(31-19)35-25(34-20)12-5-2-6-13-25/h7-9,14,17-20,23H,1-6,10-13H2,(H,27,29)(H,28,30)/t17-,18+,19+,20+,23+/m0/s1. The number of ether oxygens (including phenoxy) is 5. The summed E-state index contributed by atoms with van der Waals surface area (Å²) in [4.78, 5) is 25.6. The van der Waals surface area contributed by atoms with Crippen molar-refractivity contribution in [1.82, 2.24) is 10.9 Å². The summed E-state index contributed by atoms with van der Waals surface area (Å²) in [6.07, 6.45) is 5.69. The summed E-state index contributed by atoms with van der Waals surface area (Å²) in [5.41, 5.74) is 4.83. The lowest BCUT2D eigenvalue weighted by Crippen LogP contribution is -2.61. The first-order chi connectivity index (χ1) is 17.0. The minimum Gasteiger partial charge on any atom is -0.341 e. The molecule has 2 aliphatic carbocycles. The summed E-state index contributed by atoms with van der Waals surface area (Å²) < 4.78 is 45.3. The summed E-state index contributed by atoms with van der Waals surface area (Å²) >= 11 is 0. The maximum atomic E-state index is 13.5. The fourth-order valence-electron chi connectivity index (χ4n) is 6.06. The molecular formula is C25H31FN2O7. The zero-order chi connectivity index (χ0) is 24.0. The van der Waals surface area contributed by atoms with E-state index in [2.05, 4.69) is 10.9 Å². The molecule has 2 saturated carbocycles. The van der Waals surface area contributed by atoms with Crippen LogP contribution in [-0.2, 0) is 28.5 Å². The van der Waals surface area contributed by atoms with Crippen LogP contribution in [0, 0.1) is 5.82 Å². The molecular weight excluding hydrogens is 459 g/mol. The van der Waals surface area contributed by atoms with E-state index in [-0.39, 0.29) is 5.56 Å². The third-order valence-electron chi connectivity index (χ3n) is 7.75. The summed E-state index contributed by atoms with van der Waals surface area (Å²) in [5.74, 6) is -3.26. The topological polar surface area (TPSA) is 104 Å². The molecule has 3 heterocycles. The van der Waals surface area contributed by atoms with Crippen LogP contribution in [0.25, 0.3) is 0 Å². The molecule has 5 atom stereocenters. The minimum atomic E-state index is -1.07. The Balaban J connectivity index is 1.20. The van der Waals surface area contributed by atoms with Crippen molar-refractivity contribution >= 4 is 11.8 Å². The average molecular weight is 491 g/mol. The van der Waals surface area contributed by atoms with E-state index in [0.717, 1.165) is 70.3 Å². The molecule has 5 fully saturated rings. The lowest BCUT2D eigenvalue weighted by Gasteiger charge is -2.36. The van der Waals surface area contributed by atoms with E-state index >= 15 is 0 Å². The van der Waals surface area contributed by atoms with E-state index in [1.54, 1.807) is 0 Å². The van der Waals surface area contributed by atoms with Gasteiger partial charge in [-0.3, -0.25) is 20.4 Å². The van der Waals surface area contributed by atoms with Crippen molar-refractivity contribution in [2.45, 2.75) is 106 Å². The number of amides is 2. The highest BCUT2D eigenvalue weighted by Gasteiger charge is 2.65. The lowest BCUT2D eigenvalue weighted by molar-refractivity contribution is -0.247. The van der Waals surface area contributed by atoms with Crippen LogP contribution < -0.4 is 10.9 Å². The van der Waals surface area contributed by atoms with Crippen molar-refractivity contribution in [2.24, 2.45) is 0 Å². The van der Waals surface area contributed by atoms with E-state index in [0.29, 0.717) is 0 Å². The molecule has 1 aromatic carbocycles. The number of nitrogens with one attached hydrogen (secondary N) is 2. The van der Waals surface area contributed by atoms with Crippen LogP contribution in [0.1, 0.15) is 74.6 Å². The number of fused-ring (bicyclic) bond motifs is 3. The second-order valence-electron chi connectivity index (χ2n) is 10.2. The quantitative estimate of drug-likeness (QED) is 0.615. The second-order valence-corrected chi connectivity index (χ2v) is 10.2. The predicted molar refractivity (Wildman–Crippen MR) is 118 cm³/mol. The largest absolute Gasteiger partial charge is 0.341 e. The second kappa shape index (κ2) is 9.08. The Morgan fingerprint density at radius 2 is 1.43 bits per heavy atom. The van der Waals surface area contributed by atoms with Crippen LogP contribution in [0.15, 0.2) is 24.3 Å². The van der Waals surface area contributed by atoms with E-state index in [1.165, 1.54) is 18.2 Å². The number of carbonyl (C=O) groups excluding carboxylic acids is 2. The molecule has 2 N–H and O–H groups in total. The van der Waals surface area contributed by atoms with E-state index in [9.17, 15) is 14.0 Å². The first kappa shape index (κ1) is 23.3. The Hall–Kier alpha value is -2.11. The van der Waals surface area contributed by atoms with Gasteiger partial charge in [0, 0.05) is 31.2 Å². The van der Waals surface area contributed by atoms with Gasteiger partial charge in [0.25, 0.3) is 11.8 Å². The van der Waals surface area contributed by atoms with Gasteiger partial charge in [0.05, 0.1) is 0 Å². The maximum Gasteiger partial charge on any atom is 0.270 e. The van der Waals surface area contributed by atoms with Crippen molar-refractivity contribution in [3.05, 3.63) is 35.6 Å². The Labute approximate surface area is 202 Å². The van der Waals surface area contributed by atoms with Gasteiger partial charge in [0.1, 0.15) is 24.1 Å². The van der Waals surface area contributed by atoms with Gasteiger partial charge >= 0.3 is 0 Å². The molecule has 35 heavy (non-hydrogen) atoms. The molecule has 10 heteroatoms. The molecule has 0 unspecified atom stereocenters. The third kappa shape index (κ3) is 4.35. The van der Waals surface area contributed by atoms with Gasteiger partial charge in [-0.05, 0) is 43.9 Å². The highest BCUT2D eigenvalue weighted by atomic mass is 19.1. The molecule has 9 nitrogen and oxygen atoms in total. The highest BCUT2D eigenvalue weighted by molar-refractivity contribution is 5.95. The predicted octanol–water partition coefficient (Wildman–Crippen LogP) is 2.83. The molecule has 190 valence electrons. The number of rotatable bonds is 2. The van der Waals surface area contributed by atoms with Gasteiger partial charge in [-0.15, -0.1) is 0 Å². The van der Waals surface area contributed by atoms with Gasteiger partial charge < -0.3 is 23.7 Å². The smallest absolute Gasteiger partial charge is 0.270 e. The fraction of sp³-hybridized carbons (Fsp3) is 0.680. The summed E-state index contributed by atoms with van der Waals surface area (Å²) in [6, 6.07) is 5.21. The molecule has 3 aliphatic heterocycles. The summed E-state index contributed by atoms with van der Waals surface area (Å²) in [5, 5.41) is 0. The minimum absolute atomic E-state index is 0.0844. The Bertz CT molecular complexity index is 978. The Kier molecular flexibility index (Phi) is 6.04. The zero-order valence-electron chi connectivity index (χ0n) is 19.5. The molecule has 2 amide bonds. The van der Waals surface area contributed by atoms with Gasteiger partial charge in [-0.2, -0.15) is 0 Å². The molecule has 6 rings (SSSR count). The number of benzene rings is 1. The van der Waals surface area contributed by atoms with Crippen molar-refractivity contribution < 1.29 is 37.7 Å². The number of halogens is 1. The fourth-order valence-corrected chi connectivity index (χ4v) is 6.06. The number of hydrazine groups is 1. The van der Waals surface area contributed by atoms with Crippen LogP contribution in [0.3, 0.4) is 0 Å². The van der Waals surface area contributed by atoms with Crippen molar-refractivity contribution in [3.63, 3.8) is 0 Å². The molecule has 0 aromatic heterocycles. The number of carbonyl (C=O) groups is 2. The van der Waals surface area contributed by atoms with E-state index in [4.69, 9.17) is 23.7 Å². The SMILES string of the molecule is O=C(NNC(=O)[C@@H]1O[C@@H]2OC3(CCCCC3)O[C@@H]2[C@@H]2OC3(CCCCC3)O[C@@H]21)c1cccc(F)c1. The maximum absolute atomic E-state index is 13.5. The van der Waals surface area contributed by atoms with Gasteiger partial charge in [0.2, 0.25) is 0 Å². The molecule has 3 saturated heterocycles. The normalized spacial score (nSPS) is 34.8. The lowest BCUT2D eigenvalue weighted by atomic mass is 9.94. The van der Waals surface area contributed by atoms with Crippen LogP contribution in [0.4, 0.5) is 4.39 Å². The van der Waals surface area contributed by atoms with Crippen molar-refractivity contribution in [3.8, 4) is 0 Å².